The zero-order valence-electron chi connectivity index (χ0n) is 16.4. The number of furan rings is 1. The molecule has 0 saturated carbocycles. The summed E-state index contributed by atoms with van der Waals surface area (Å²) in [7, 11) is 1.57. The van der Waals surface area contributed by atoms with Crippen molar-refractivity contribution in [2.75, 3.05) is 7.11 Å². The first-order chi connectivity index (χ1) is 14.9. The number of carbonyl (C=O) groups is 2. The van der Waals surface area contributed by atoms with Crippen LogP contribution in [-0.2, 0) is 11.3 Å². The van der Waals surface area contributed by atoms with Crippen LogP contribution in [0, 0.1) is 11.3 Å². The molecule has 0 radical (unpaired) electrons. The van der Waals surface area contributed by atoms with Gasteiger partial charge in [0.1, 0.15) is 28.9 Å². The zero-order valence-corrected chi connectivity index (χ0v) is 17.1. The number of ether oxygens (including phenoxy) is 1. The number of benzene rings is 2. The van der Waals surface area contributed by atoms with Crippen molar-refractivity contribution in [3.63, 3.8) is 0 Å². The van der Waals surface area contributed by atoms with Gasteiger partial charge in [0.25, 0.3) is 5.91 Å². The number of amides is 1. The van der Waals surface area contributed by atoms with E-state index in [1.807, 2.05) is 18.2 Å². The molecule has 0 fully saturated rings. The normalized spacial score (nSPS) is 10.9. The van der Waals surface area contributed by atoms with E-state index in [0.717, 1.165) is 5.56 Å². The summed E-state index contributed by atoms with van der Waals surface area (Å²) in [6.45, 7) is 0.250. The Hall–Kier alpha value is -4.02. The van der Waals surface area contributed by atoms with Gasteiger partial charge in [0.15, 0.2) is 0 Å². The summed E-state index contributed by atoms with van der Waals surface area (Å²) in [5, 5.41) is 21.2. The van der Waals surface area contributed by atoms with Gasteiger partial charge in [-0.3, -0.25) is 4.79 Å². The Bertz CT molecular complexity index is 1190. The largest absolute Gasteiger partial charge is 0.497 e. The van der Waals surface area contributed by atoms with Crippen LogP contribution < -0.4 is 10.1 Å². The van der Waals surface area contributed by atoms with E-state index in [1.54, 1.807) is 37.4 Å². The Kier molecular flexibility index (Phi) is 6.75. The van der Waals surface area contributed by atoms with Gasteiger partial charge in [-0.1, -0.05) is 29.8 Å². The average Bonchev–Trinajstić information content (AvgIpc) is 3.24. The molecule has 0 saturated heterocycles. The SMILES string of the molecule is COc1ccc(CNC(=O)/C(C#N)=C\c2ccc(-c3ccc(C(=O)O)c(Cl)c3)o2)cc1. The number of nitriles is 1. The topological polar surface area (TPSA) is 113 Å². The van der Waals surface area contributed by atoms with Crippen LogP contribution in [0.5, 0.6) is 5.75 Å². The number of halogens is 1. The van der Waals surface area contributed by atoms with E-state index in [4.69, 9.17) is 25.9 Å². The van der Waals surface area contributed by atoms with Gasteiger partial charge in [-0.2, -0.15) is 5.26 Å². The first kappa shape index (κ1) is 21.7. The molecule has 8 heteroatoms. The third-order valence-electron chi connectivity index (χ3n) is 4.37. The van der Waals surface area contributed by atoms with Gasteiger partial charge in [0.05, 0.1) is 17.7 Å². The summed E-state index contributed by atoms with van der Waals surface area (Å²) >= 11 is 5.99. The van der Waals surface area contributed by atoms with Crippen molar-refractivity contribution in [2.45, 2.75) is 6.54 Å². The second-order valence-electron chi connectivity index (χ2n) is 6.40. The summed E-state index contributed by atoms with van der Waals surface area (Å²) in [5.74, 6) is -0.241. The van der Waals surface area contributed by atoms with E-state index >= 15 is 0 Å². The molecule has 0 spiro atoms. The Balaban J connectivity index is 1.71. The van der Waals surface area contributed by atoms with Crippen molar-refractivity contribution in [1.29, 1.82) is 5.26 Å². The van der Waals surface area contributed by atoms with Gasteiger partial charge in [0.2, 0.25) is 0 Å². The average molecular weight is 437 g/mol. The van der Waals surface area contributed by atoms with Crippen LogP contribution in [-0.4, -0.2) is 24.1 Å². The van der Waals surface area contributed by atoms with Crippen LogP contribution in [0.4, 0.5) is 0 Å². The lowest BCUT2D eigenvalue weighted by atomic mass is 10.1. The minimum absolute atomic E-state index is 0.0163. The highest BCUT2D eigenvalue weighted by molar-refractivity contribution is 6.33. The molecule has 0 aliphatic rings. The smallest absolute Gasteiger partial charge is 0.337 e. The molecule has 1 aromatic heterocycles. The minimum Gasteiger partial charge on any atom is -0.497 e. The number of nitrogens with one attached hydrogen (secondary N) is 1. The predicted octanol–water partition coefficient (Wildman–Crippen LogP) is 4.53. The van der Waals surface area contributed by atoms with E-state index in [9.17, 15) is 14.9 Å². The van der Waals surface area contributed by atoms with E-state index in [1.165, 1.54) is 18.2 Å². The van der Waals surface area contributed by atoms with Crippen LogP contribution in [0.3, 0.4) is 0 Å². The maximum atomic E-state index is 12.4. The van der Waals surface area contributed by atoms with Crippen LogP contribution >= 0.6 is 11.6 Å². The molecule has 0 aliphatic heterocycles. The van der Waals surface area contributed by atoms with Crippen LogP contribution in [0.25, 0.3) is 17.4 Å². The number of carboxylic acids is 1. The van der Waals surface area contributed by atoms with Crippen molar-refractivity contribution in [3.05, 3.63) is 82.1 Å². The molecule has 2 aromatic carbocycles. The number of hydrogen-bond donors (Lipinski definition) is 2. The highest BCUT2D eigenvalue weighted by atomic mass is 35.5. The molecular formula is C23H17ClN2O5. The van der Waals surface area contributed by atoms with E-state index in [-0.39, 0.29) is 22.7 Å². The Labute approximate surface area is 183 Å². The fraction of sp³-hybridized carbons (Fsp3) is 0.0870. The summed E-state index contributed by atoms with van der Waals surface area (Å²) in [6.07, 6.45) is 1.33. The highest BCUT2D eigenvalue weighted by Gasteiger charge is 2.13. The highest BCUT2D eigenvalue weighted by Crippen LogP contribution is 2.28. The maximum absolute atomic E-state index is 12.4. The van der Waals surface area contributed by atoms with Gasteiger partial charge in [-0.05, 0) is 42.0 Å². The Morgan fingerprint density at radius 3 is 2.55 bits per heavy atom. The van der Waals surface area contributed by atoms with Gasteiger partial charge in [-0.25, -0.2) is 4.79 Å². The van der Waals surface area contributed by atoms with Crippen LogP contribution in [0.15, 0.2) is 64.6 Å². The molecule has 0 unspecified atom stereocenters. The van der Waals surface area contributed by atoms with Crippen LogP contribution in [0.2, 0.25) is 5.02 Å². The fourth-order valence-corrected chi connectivity index (χ4v) is 3.00. The van der Waals surface area contributed by atoms with E-state index in [0.29, 0.717) is 22.8 Å². The quantitative estimate of drug-likeness (QED) is 0.415. The fourth-order valence-electron chi connectivity index (χ4n) is 2.74. The van der Waals surface area contributed by atoms with Gasteiger partial charge in [-0.15, -0.1) is 0 Å². The molecule has 0 bridgehead atoms. The molecule has 156 valence electrons. The third kappa shape index (κ3) is 5.32. The van der Waals surface area contributed by atoms with Crippen molar-refractivity contribution >= 4 is 29.6 Å². The molecule has 31 heavy (non-hydrogen) atoms. The number of aromatic carboxylic acids is 1. The molecule has 7 nitrogen and oxygen atoms in total. The zero-order chi connectivity index (χ0) is 22.4. The first-order valence-electron chi connectivity index (χ1n) is 9.07. The van der Waals surface area contributed by atoms with Crippen molar-refractivity contribution in [1.82, 2.24) is 5.32 Å². The summed E-state index contributed by atoms with van der Waals surface area (Å²) in [4.78, 5) is 23.4. The Morgan fingerprint density at radius 1 is 1.19 bits per heavy atom. The Morgan fingerprint density at radius 2 is 1.94 bits per heavy atom. The molecular weight excluding hydrogens is 420 g/mol. The number of rotatable bonds is 7. The van der Waals surface area contributed by atoms with Crippen LogP contribution in [0.1, 0.15) is 21.7 Å². The van der Waals surface area contributed by atoms with Gasteiger partial charge < -0.3 is 19.6 Å². The summed E-state index contributed by atoms with van der Waals surface area (Å²) < 4.78 is 10.8. The van der Waals surface area contributed by atoms with Gasteiger partial charge in [0, 0.05) is 18.2 Å². The molecule has 1 amide bonds. The minimum atomic E-state index is -1.13. The number of carbonyl (C=O) groups excluding carboxylic acids is 1. The third-order valence-corrected chi connectivity index (χ3v) is 4.69. The van der Waals surface area contributed by atoms with Gasteiger partial charge >= 0.3 is 5.97 Å². The molecule has 0 atom stereocenters. The van der Waals surface area contributed by atoms with E-state index in [2.05, 4.69) is 5.32 Å². The molecule has 1 heterocycles. The second kappa shape index (κ2) is 9.65. The molecule has 2 N–H and O–H groups in total. The summed E-state index contributed by atoms with van der Waals surface area (Å²) in [5.41, 5.74) is 1.29. The second-order valence-corrected chi connectivity index (χ2v) is 6.81. The van der Waals surface area contributed by atoms with Crippen molar-refractivity contribution in [2.24, 2.45) is 0 Å². The molecule has 0 aliphatic carbocycles. The van der Waals surface area contributed by atoms with Crippen molar-refractivity contribution in [3.8, 4) is 23.1 Å². The maximum Gasteiger partial charge on any atom is 0.337 e. The standard InChI is InChI=1S/C23H17ClN2O5/c1-30-17-5-2-14(3-6-17)13-26-22(27)16(12-25)10-18-7-9-21(31-18)15-4-8-19(23(28)29)20(24)11-15/h2-11H,13H2,1H3,(H,26,27)(H,28,29)/b16-10-. The lowest BCUT2D eigenvalue weighted by Gasteiger charge is -2.05. The number of methoxy groups -OCH3 is 1. The molecule has 3 aromatic rings. The van der Waals surface area contributed by atoms with Crippen molar-refractivity contribution < 1.29 is 23.8 Å². The number of nitrogens with zero attached hydrogens (tertiary/aromatic N) is 1. The lowest BCUT2D eigenvalue weighted by Crippen LogP contribution is -2.23. The number of carboxylic acid groups (broad SMARTS) is 1. The molecule has 3 rings (SSSR count). The van der Waals surface area contributed by atoms with E-state index < -0.39 is 11.9 Å². The predicted molar refractivity (Wildman–Crippen MR) is 115 cm³/mol. The first-order valence-corrected chi connectivity index (χ1v) is 9.45. The monoisotopic (exact) mass is 436 g/mol. The lowest BCUT2D eigenvalue weighted by molar-refractivity contribution is -0.117. The number of hydrogen-bond acceptors (Lipinski definition) is 5. The summed E-state index contributed by atoms with van der Waals surface area (Å²) in [6, 6.07) is 16.7.